The van der Waals surface area contributed by atoms with Gasteiger partial charge >= 0.3 is 13.7 Å². The number of carbonyl (C=O) groups excluding carboxylic acids is 1. The molecule has 0 aromatic heterocycles. The summed E-state index contributed by atoms with van der Waals surface area (Å²) in [6.07, 6.45) is 3.56. The molecule has 0 bridgehead atoms. The molecule has 1 aliphatic heterocycles. The first kappa shape index (κ1) is 18.5. The van der Waals surface area contributed by atoms with E-state index in [-0.39, 0.29) is 6.04 Å². The number of hydrogen-bond donors (Lipinski definition) is 0. The second-order valence-corrected chi connectivity index (χ2v) is 7.08. The van der Waals surface area contributed by atoms with Crippen molar-refractivity contribution in [1.29, 1.82) is 0 Å². The van der Waals surface area contributed by atoms with Crippen molar-refractivity contribution in [3.05, 3.63) is 0 Å². The van der Waals surface area contributed by atoms with Crippen LogP contribution >= 0.6 is 7.60 Å². The predicted molar refractivity (Wildman–Crippen MR) is 81.4 cm³/mol. The zero-order valence-corrected chi connectivity index (χ0v) is 14.4. The molecule has 1 amide bonds. The van der Waals surface area contributed by atoms with Crippen LogP contribution in [0.1, 0.15) is 53.4 Å². The van der Waals surface area contributed by atoms with Gasteiger partial charge < -0.3 is 13.8 Å². The lowest BCUT2D eigenvalue weighted by atomic mass is 10.2. The largest absolute Gasteiger partial charge is 0.450 e. The average molecular weight is 321 g/mol. The van der Waals surface area contributed by atoms with Crippen molar-refractivity contribution >= 4 is 13.7 Å². The Balaban J connectivity index is 2.78. The number of ether oxygens (including phenoxy) is 1. The van der Waals surface area contributed by atoms with Gasteiger partial charge in [0, 0.05) is 0 Å². The summed E-state index contributed by atoms with van der Waals surface area (Å²) in [5, 5.41) is 0. The maximum absolute atomic E-state index is 12.8. The molecule has 1 heterocycles. The molecule has 0 N–H and O–H groups in total. The molecular formula is C14H28NO5P. The van der Waals surface area contributed by atoms with Gasteiger partial charge in [0.25, 0.3) is 0 Å². The Morgan fingerprint density at radius 1 is 1.05 bits per heavy atom. The van der Waals surface area contributed by atoms with Crippen LogP contribution in [0.5, 0.6) is 0 Å². The van der Waals surface area contributed by atoms with E-state index < -0.39 is 19.5 Å². The van der Waals surface area contributed by atoms with Crippen molar-refractivity contribution in [3.63, 3.8) is 0 Å². The molecule has 2 atom stereocenters. The molecular weight excluding hydrogens is 293 g/mol. The minimum Gasteiger partial charge on any atom is -0.450 e. The first-order chi connectivity index (χ1) is 10.1. The summed E-state index contributed by atoms with van der Waals surface area (Å²) in [6.45, 7) is 8.32. The summed E-state index contributed by atoms with van der Waals surface area (Å²) < 4.78 is 28.6. The molecule has 1 saturated heterocycles. The maximum atomic E-state index is 12.8. The van der Waals surface area contributed by atoms with Gasteiger partial charge in [-0.15, -0.1) is 0 Å². The van der Waals surface area contributed by atoms with E-state index in [0.717, 1.165) is 25.7 Å². The lowest BCUT2D eigenvalue weighted by Crippen LogP contribution is -2.17. The van der Waals surface area contributed by atoms with Gasteiger partial charge in [-0.05, 0) is 27.2 Å². The number of rotatable bonds is 10. The number of amides is 1. The molecule has 0 aliphatic carbocycles. The third-order valence-corrected chi connectivity index (χ3v) is 5.90. The van der Waals surface area contributed by atoms with Crippen LogP contribution < -0.4 is 0 Å². The van der Waals surface area contributed by atoms with Crippen molar-refractivity contribution in [2.24, 2.45) is 0 Å². The molecule has 21 heavy (non-hydrogen) atoms. The zero-order valence-electron chi connectivity index (χ0n) is 13.5. The summed E-state index contributed by atoms with van der Waals surface area (Å²) in [5.74, 6) is -0.492. The van der Waals surface area contributed by atoms with Gasteiger partial charge in [0.2, 0.25) is 0 Å². The van der Waals surface area contributed by atoms with Crippen LogP contribution in [0.2, 0.25) is 0 Å². The number of unbranched alkanes of at least 4 members (excludes halogenated alkanes) is 2. The Kier molecular flexibility index (Phi) is 7.71. The molecule has 0 aromatic rings. The van der Waals surface area contributed by atoms with Crippen LogP contribution in [-0.4, -0.2) is 42.6 Å². The van der Waals surface area contributed by atoms with Crippen molar-refractivity contribution in [2.45, 2.75) is 65.2 Å². The Hall–Kier alpha value is -0.580. The highest BCUT2D eigenvalue weighted by molar-refractivity contribution is 7.55. The van der Waals surface area contributed by atoms with Crippen LogP contribution in [-0.2, 0) is 18.3 Å². The Labute approximate surface area is 127 Å². The van der Waals surface area contributed by atoms with E-state index in [1.54, 1.807) is 20.8 Å². The summed E-state index contributed by atoms with van der Waals surface area (Å²) >= 11 is 0. The highest BCUT2D eigenvalue weighted by Crippen LogP contribution is 2.63. The highest BCUT2D eigenvalue weighted by atomic mass is 31.2. The van der Waals surface area contributed by atoms with E-state index in [1.165, 1.54) is 4.90 Å². The molecule has 0 radical (unpaired) electrons. The second kappa shape index (κ2) is 8.76. The molecule has 1 fully saturated rings. The first-order valence-electron chi connectivity index (χ1n) is 7.89. The first-order valence-corrected chi connectivity index (χ1v) is 9.50. The smallest absolute Gasteiger partial charge is 0.410 e. The van der Waals surface area contributed by atoms with E-state index >= 15 is 0 Å². The molecule has 6 nitrogen and oxygen atoms in total. The van der Waals surface area contributed by atoms with Crippen molar-refractivity contribution < 1.29 is 23.1 Å². The average Bonchev–Trinajstić information content (AvgIpc) is 3.15. The normalized spacial score (nSPS) is 21.4. The predicted octanol–water partition coefficient (Wildman–Crippen LogP) is 4.00. The quantitative estimate of drug-likeness (QED) is 0.346. The SMILES string of the molecule is CCCCCC1C(P(=O)(OCC)OCC)N1C(=O)OCC. The van der Waals surface area contributed by atoms with Gasteiger partial charge in [-0.1, -0.05) is 26.2 Å². The lowest BCUT2D eigenvalue weighted by Gasteiger charge is -2.16. The molecule has 2 unspecified atom stereocenters. The molecule has 1 rings (SSSR count). The third-order valence-electron chi connectivity index (χ3n) is 3.42. The van der Waals surface area contributed by atoms with E-state index in [4.69, 9.17) is 13.8 Å². The zero-order chi connectivity index (χ0) is 15.9. The van der Waals surface area contributed by atoms with Crippen molar-refractivity contribution in [3.8, 4) is 0 Å². The van der Waals surface area contributed by atoms with Crippen molar-refractivity contribution in [2.75, 3.05) is 19.8 Å². The minimum atomic E-state index is -3.29. The molecule has 0 aromatic carbocycles. The van der Waals surface area contributed by atoms with E-state index in [2.05, 4.69) is 6.92 Å². The van der Waals surface area contributed by atoms with Gasteiger partial charge in [-0.2, -0.15) is 0 Å². The fourth-order valence-electron chi connectivity index (χ4n) is 2.51. The second-order valence-electron chi connectivity index (χ2n) is 4.96. The monoisotopic (exact) mass is 321 g/mol. The number of nitrogens with zero attached hydrogens (tertiary/aromatic N) is 1. The van der Waals surface area contributed by atoms with Gasteiger partial charge in [0.05, 0.1) is 25.9 Å². The standard InChI is InChI=1S/C14H28NO5P/c1-5-9-10-11-12-13(15(12)14(16)18-6-2)21(17,19-7-3)20-8-4/h12-13H,5-11H2,1-4H3. The van der Waals surface area contributed by atoms with Crippen LogP contribution in [0.25, 0.3) is 0 Å². The fourth-order valence-corrected chi connectivity index (χ4v) is 4.82. The van der Waals surface area contributed by atoms with Gasteiger partial charge in [0.1, 0.15) is 0 Å². The lowest BCUT2D eigenvalue weighted by molar-refractivity contribution is 0.131. The summed E-state index contributed by atoms with van der Waals surface area (Å²) in [5.41, 5.74) is 0. The van der Waals surface area contributed by atoms with Crippen LogP contribution in [0, 0.1) is 0 Å². The fraction of sp³-hybridized carbons (Fsp3) is 0.929. The Morgan fingerprint density at radius 3 is 2.14 bits per heavy atom. The highest BCUT2D eigenvalue weighted by Gasteiger charge is 2.62. The van der Waals surface area contributed by atoms with E-state index in [9.17, 15) is 9.36 Å². The number of hydrogen-bond acceptors (Lipinski definition) is 5. The molecule has 7 heteroatoms. The maximum Gasteiger partial charge on any atom is 0.410 e. The minimum absolute atomic E-state index is 0.0977. The molecule has 0 spiro atoms. The Morgan fingerprint density at radius 2 is 1.67 bits per heavy atom. The van der Waals surface area contributed by atoms with Crippen LogP contribution in [0.4, 0.5) is 4.79 Å². The van der Waals surface area contributed by atoms with Crippen LogP contribution in [0.3, 0.4) is 0 Å². The van der Waals surface area contributed by atoms with Gasteiger partial charge in [-0.3, -0.25) is 9.46 Å². The topological polar surface area (TPSA) is 64.8 Å². The molecule has 0 saturated carbocycles. The summed E-state index contributed by atoms with van der Waals surface area (Å²) in [6, 6.07) is -0.0977. The van der Waals surface area contributed by atoms with Gasteiger partial charge in [-0.25, -0.2) is 4.79 Å². The van der Waals surface area contributed by atoms with Gasteiger partial charge in [0.15, 0.2) is 5.78 Å². The third kappa shape index (κ3) is 4.70. The van der Waals surface area contributed by atoms with E-state index in [1.807, 2.05) is 0 Å². The Bertz CT molecular complexity index is 366. The van der Waals surface area contributed by atoms with Crippen LogP contribution in [0.15, 0.2) is 0 Å². The summed E-state index contributed by atoms with van der Waals surface area (Å²) in [4.78, 5) is 13.5. The molecule has 124 valence electrons. The molecule has 1 aliphatic rings. The summed E-state index contributed by atoms with van der Waals surface area (Å²) in [7, 11) is -3.29. The number of carbonyl (C=O) groups is 1. The van der Waals surface area contributed by atoms with E-state index in [0.29, 0.717) is 19.8 Å². The van der Waals surface area contributed by atoms with Crippen molar-refractivity contribution in [1.82, 2.24) is 4.90 Å².